The first kappa shape index (κ1) is 25.9. The molecule has 39 heavy (non-hydrogen) atoms. The molecule has 0 fully saturated rings. The molecule has 8 nitrogen and oxygen atoms in total. The highest BCUT2D eigenvalue weighted by Crippen LogP contribution is 2.29. The van der Waals surface area contributed by atoms with Crippen molar-refractivity contribution >= 4 is 11.6 Å². The molecule has 1 N–H and O–H groups in total. The van der Waals surface area contributed by atoms with Crippen molar-refractivity contribution in [1.82, 2.24) is 24.8 Å². The number of aryl methyl sites for hydroxylation is 1. The number of anilines is 1. The summed E-state index contributed by atoms with van der Waals surface area (Å²) < 4.78 is 9.09. The van der Waals surface area contributed by atoms with Gasteiger partial charge in [-0.2, -0.15) is 5.10 Å². The largest absolute Gasteiger partial charge is 0.496 e. The number of methoxy groups -OCH3 is 1. The van der Waals surface area contributed by atoms with Crippen LogP contribution in [-0.2, 0) is 5.41 Å². The van der Waals surface area contributed by atoms with Gasteiger partial charge in [-0.25, -0.2) is 9.36 Å². The Morgan fingerprint density at radius 1 is 0.974 bits per heavy atom. The number of nitrogens with zero attached hydrogens (tertiary/aromatic N) is 5. The van der Waals surface area contributed by atoms with Gasteiger partial charge in [-0.05, 0) is 66.8 Å². The van der Waals surface area contributed by atoms with Gasteiger partial charge in [-0.3, -0.25) is 4.79 Å². The average molecular weight is 521 g/mol. The van der Waals surface area contributed by atoms with Crippen LogP contribution in [0.2, 0.25) is 0 Å². The second-order valence-electron chi connectivity index (χ2n) is 10.6. The predicted octanol–water partition coefficient (Wildman–Crippen LogP) is 6.30. The molecule has 2 aromatic heterocycles. The quantitative estimate of drug-likeness (QED) is 0.284. The number of benzene rings is 3. The van der Waals surface area contributed by atoms with Crippen LogP contribution in [0.3, 0.4) is 0 Å². The van der Waals surface area contributed by atoms with Crippen LogP contribution in [-0.4, -0.2) is 37.8 Å². The van der Waals surface area contributed by atoms with E-state index in [1.807, 2.05) is 91.5 Å². The highest BCUT2D eigenvalue weighted by molar-refractivity contribution is 6.06. The Morgan fingerprint density at radius 3 is 2.46 bits per heavy atom. The van der Waals surface area contributed by atoms with Gasteiger partial charge in [-0.1, -0.05) is 56.3 Å². The lowest BCUT2D eigenvalue weighted by atomic mass is 9.86. The van der Waals surface area contributed by atoms with Crippen molar-refractivity contribution in [1.29, 1.82) is 0 Å². The number of para-hydroxylation sites is 1. The van der Waals surface area contributed by atoms with E-state index in [0.29, 0.717) is 22.7 Å². The zero-order valence-corrected chi connectivity index (χ0v) is 23.1. The molecule has 198 valence electrons. The Morgan fingerprint density at radius 2 is 1.74 bits per heavy atom. The summed E-state index contributed by atoms with van der Waals surface area (Å²) in [6.45, 7) is 10.4. The number of amides is 1. The molecule has 5 aromatic rings. The van der Waals surface area contributed by atoms with Gasteiger partial charge in [0, 0.05) is 11.3 Å². The average Bonchev–Trinajstić information content (AvgIpc) is 3.56. The zero-order chi connectivity index (χ0) is 27.7. The van der Waals surface area contributed by atoms with Crippen LogP contribution in [0.25, 0.3) is 22.6 Å². The Bertz CT molecular complexity index is 1640. The Labute approximate surface area is 228 Å². The number of carbonyl (C=O) groups is 1. The molecule has 0 radical (unpaired) electrons. The third-order valence-electron chi connectivity index (χ3n) is 6.80. The third kappa shape index (κ3) is 5.18. The summed E-state index contributed by atoms with van der Waals surface area (Å²) in [6, 6.07) is 21.4. The summed E-state index contributed by atoms with van der Waals surface area (Å²) in [5.74, 6) is 0.288. The van der Waals surface area contributed by atoms with E-state index in [-0.39, 0.29) is 11.3 Å². The molecule has 0 saturated heterocycles. The molecule has 0 bridgehead atoms. The maximum atomic E-state index is 13.3. The van der Waals surface area contributed by atoms with Gasteiger partial charge < -0.3 is 10.1 Å². The Balaban J connectivity index is 1.42. The fourth-order valence-corrected chi connectivity index (χ4v) is 4.48. The van der Waals surface area contributed by atoms with Crippen molar-refractivity contribution in [3.63, 3.8) is 0 Å². The minimum Gasteiger partial charge on any atom is -0.496 e. The monoisotopic (exact) mass is 520 g/mol. The molecule has 3 aromatic carbocycles. The molecule has 0 aliphatic heterocycles. The molecule has 0 spiro atoms. The van der Waals surface area contributed by atoms with Crippen LogP contribution in [0.15, 0.2) is 79.1 Å². The standard InChI is InChI=1S/C31H32N6O2/c1-20-12-14-23(33-30(38)25-16-22(31(3,4)5)13-15-29(25)39-6)17-28(20)36-19-27(34-35-36)26-18-32-37(21(26)2)24-10-8-7-9-11-24/h7-19H,1-6H3,(H,33,38). The normalized spacial score (nSPS) is 11.4. The van der Waals surface area contributed by atoms with Gasteiger partial charge >= 0.3 is 0 Å². The topological polar surface area (TPSA) is 86.9 Å². The maximum Gasteiger partial charge on any atom is 0.259 e. The summed E-state index contributed by atoms with van der Waals surface area (Å²) in [5, 5.41) is 16.4. The first-order valence-corrected chi connectivity index (χ1v) is 12.8. The third-order valence-corrected chi connectivity index (χ3v) is 6.80. The van der Waals surface area contributed by atoms with Crippen LogP contribution in [0.5, 0.6) is 5.75 Å². The molecule has 8 heteroatoms. The van der Waals surface area contributed by atoms with Gasteiger partial charge in [0.2, 0.25) is 0 Å². The van der Waals surface area contributed by atoms with E-state index in [0.717, 1.165) is 33.8 Å². The van der Waals surface area contributed by atoms with E-state index in [2.05, 4.69) is 41.5 Å². The van der Waals surface area contributed by atoms with Gasteiger partial charge in [-0.15, -0.1) is 5.10 Å². The minimum atomic E-state index is -0.240. The van der Waals surface area contributed by atoms with E-state index < -0.39 is 0 Å². The SMILES string of the molecule is COc1ccc(C(C)(C)C)cc1C(=O)Nc1ccc(C)c(-n2cc(-c3cnn(-c4ccccc4)c3C)nn2)c1. The van der Waals surface area contributed by atoms with E-state index in [1.165, 1.54) is 0 Å². The molecule has 0 aliphatic carbocycles. The van der Waals surface area contributed by atoms with Crippen molar-refractivity contribution in [2.75, 3.05) is 12.4 Å². The van der Waals surface area contributed by atoms with E-state index in [1.54, 1.807) is 18.0 Å². The molecular weight excluding hydrogens is 488 g/mol. The molecule has 0 atom stereocenters. The summed E-state index contributed by atoms with van der Waals surface area (Å²) >= 11 is 0. The fourth-order valence-electron chi connectivity index (χ4n) is 4.48. The smallest absolute Gasteiger partial charge is 0.259 e. The fraction of sp³-hybridized carbons (Fsp3) is 0.226. The van der Waals surface area contributed by atoms with E-state index in [4.69, 9.17) is 4.74 Å². The summed E-state index contributed by atoms with van der Waals surface area (Å²) in [7, 11) is 1.57. The second-order valence-corrected chi connectivity index (χ2v) is 10.6. The Hall–Kier alpha value is -4.72. The summed E-state index contributed by atoms with van der Waals surface area (Å²) in [6.07, 6.45) is 3.68. The van der Waals surface area contributed by atoms with E-state index >= 15 is 0 Å². The van der Waals surface area contributed by atoms with Crippen molar-refractivity contribution in [3.05, 3.63) is 102 Å². The molecule has 0 saturated carbocycles. The highest BCUT2D eigenvalue weighted by Gasteiger charge is 2.20. The van der Waals surface area contributed by atoms with Crippen LogP contribution in [0.4, 0.5) is 5.69 Å². The highest BCUT2D eigenvalue weighted by atomic mass is 16.5. The number of nitrogens with one attached hydrogen (secondary N) is 1. The van der Waals surface area contributed by atoms with Crippen molar-refractivity contribution in [3.8, 4) is 28.4 Å². The number of carbonyl (C=O) groups excluding carboxylic acids is 1. The number of rotatable bonds is 6. The molecular formula is C31H32N6O2. The van der Waals surface area contributed by atoms with Gasteiger partial charge in [0.25, 0.3) is 5.91 Å². The van der Waals surface area contributed by atoms with Crippen LogP contribution in [0.1, 0.15) is 48.0 Å². The predicted molar refractivity (Wildman–Crippen MR) is 153 cm³/mol. The number of hydrogen-bond donors (Lipinski definition) is 1. The molecule has 0 unspecified atom stereocenters. The second kappa shape index (κ2) is 10.2. The molecule has 5 rings (SSSR count). The number of hydrogen-bond acceptors (Lipinski definition) is 5. The van der Waals surface area contributed by atoms with Crippen molar-refractivity contribution in [2.24, 2.45) is 0 Å². The molecule has 0 aliphatic rings. The lowest BCUT2D eigenvalue weighted by molar-refractivity contribution is 0.102. The number of ether oxygens (including phenoxy) is 1. The summed E-state index contributed by atoms with van der Waals surface area (Å²) in [4.78, 5) is 13.3. The first-order chi connectivity index (χ1) is 18.7. The van der Waals surface area contributed by atoms with Crippen LogP contribution >= 0.6 is 0 Å². The van der Waals surface area contributed by atoms with Crippen molar-refractivity contribution in [2.45, 2.75) is 40.0 Å². The van der Waals surface area contributed by atoms with Gasteiger partial charge in [0.05, 0.1) is 42.1 Å². The number of aromatic nitrogens is 5. The lowest BCUT2D eigenvalue weighted by Gasteiger charge is -2.21. The van der Waals surface area contributed by atoms with Crippen LogP contribution < -0.4 is 10.1 Å². The lowest BCUT2D eigenvalue weighted by Crippen LogP contribution is -2.17. The van der Waals surface area contributed by atoms with Gasteiger partial charge in [0.1, 0.15) is 11.4 Å². The minimum absolute atomic E-state index is 0.0981. The summed E-state index contributed by atoms with van der Waals surface area (Å²) in [5.41, 5.74) is 7.47. The zero-order valence-electron chi connectivity index (χ0n) is 23.1. The van der Waals surface area contributed by atoms with Crippen molar-refractivity contribution < 1.29 is 9.53 Å². The Kier molecular flexibility index (Phi) is 6.78. The van der Waals surface area contributed by atoms with Crippen LogP contribution in [0, 0.1) is 13.8 Å². The molecule has 1 amide bonds. The van der Waals surface area contributed by atoms with E-state index in [9.17, 15) is 4.79 Å². The molecule has 2 heterocycles. The maximum absolute atomic E-state index is 13.3. The van der Waals surface area contributed by atoms with Gasteiger partial charge in [0.15, 0.2) is 0 Å². The first-order valence-electron chi connectivity index (χ1n) is 12.8.